The van der Waals surface area contributed by atoms with Crippen LogP contribution in [0.25, 0.3) is 6.08 Å². The number of aliphatic carboxylic acids is 1. The van der Waals surface area contributed by atoms with E-state index < -0.39 is 21.2 Å². The number of hydrogen-bond acceptors (Lipinski definition) is 4. The molecular weight excluding hydrogens is 282 g/mol. The van der Waals surface area contributed by atoms with E-state index in [1.54, 1.807) is 26.0 Å². The van der Waals surface area contributed by atoms with Crippen molar-refractivity contribution in [2.24, 2.45) is 0 Å². The highest BCUT2D eigenvalue weighted by Crippen LogP contribution is 2.27. The van der Waals surface area contributed by atoms with Crippen LogP contribution in [0.15, 0.2) is 24.3 Å². The van der Waals surface area contributed by atoms with Crippen molar-refractivity contribution in [3.63, 3.8) is 0 Å². The van der Waals surface area contributed by atoms with Gasteiger partial charge in [0.2, 0.25) is 10.0 Å². The fourth-order valence-corrected chi connectivity index (χ4v) is 2.05. The Kier molecular flexibility index (Phi) is 5.15. The van der Waals surface area contributed by atoms with E-state index in [2.05, 4.69) is 4.72 Å². The zero-order valence-electron chi connectivity index (χ0n) is 11.5. The highest BCUT2D eigenvalue weighted by molar-refractivity contribution is 7.93. The first-order valence-electron chi connectivity index (χ1n) is 5.87. The molecule has 0 saturated heterocycles. The zero-order valence-corrected chi connectivity index (χ0v) is 12.3. The number of carbonyl (C=O) groups is 1. The van der Waals surface area contributed by atoms with Gasteiger partial charge in [0.1, 0.15) is 5.75 Å². The van der Waals surface area contributed by atoms with Crippen LogP contribution in [0.3, 0.4) is 0 Å². The molecule has 0 amide bonds. The zero-order chi connectivity index (χ0) is 15.3. The van der Waals surface area contributed by atoms with Gasteiger partial charge in [0.15, 0.2) is 0 Å². The van der Waals surface area contributed by atoms with Crippen LogP contribution in [-0.4, -0.2) is 31.9 Å². The van der Waals surface area contributed by atoms with Crippen LogP contribution in [-0.2, 0) is 14.8 Å². The third kappa shape index (κ3) is 4.27. The average Bonchev–Trinajstić information content (AvgIpc) is 2.36. The van der Waals surface area contributed by atoms with Gasteiger partial charge in [-0.2, -0.15) is 0 Å². The lowest BCUT2D eigenvalue weighted by Crippen LogP contribution is -2.22. The first kappa shape index (κ1) is 16.0. The van der Waals surface area contributed by atoms with Crippen LogP contribution in [0.2, 0.25) is 0 Å². The van der Waals surface area contributed by atoms with Crippen molar-refractivity contribution in [2.45, 2.75) is 19.1 Å². The number of sulfonamides is 1. The van der Waals surface area contributed by atoms with Crippen LogP contribution in [0.5, 0.6) is 5.75 Å². The predicted molar refractivity (Wildman–Crippen MR) is 77.3 cm³/mol. The van der Waals surface area contributed by atoms with Gasteiger partial charge < -0.3 is 9.84 Å². The summed E-state index contributed by atoms with van der Waals surface area (Å²) in [6.07, 6.45) is 2.34. The topological polar surface area (TPSA) is 92.7 Å². The van der Waals surface area contributed by atoms with E-state index in [-0.39, 0.29) is 5.69 Å². The largest absolute Gasteiger partial charge is 0.495 e. The van der Waals surface area contributed by atoms with Crippen LogP contribution in [0, 0.1) is 0 Å². The Bertz CT molecular complexity index is 620. The van der Waals surface area contributed by atoms with Crippen LogP contribution in [0.4, 0.5) is 5.69 Å². The van der Waals surface area contributed by atoms with E-state index in [4.69, 9.17) is 9.84 Å². The Morgan fingerprint density at radius 1 is 1.40 bits per heavy atom. The fraction of sp³-hybridized carbons (Fsp3) is 0.308. The molecule has 0 radical (unpaired) electrons. The molecule has 0 aliphatic heterocycles. The van der Waals surface area contributed by atoms with Gasteiger partial charge >= 0.3 is 5.97 Å². The van der Waals surface area contributed by atoms with Gasteiger partial charge in [-0.3, -0.25) is 4.72 Å². The molecule has 110 valence electrons. The maximum atomic E-state index is 11.9. The van der Waals surface area contributed by atoms with Gasteiger partial charge in [0.25, 0.3) is 0 Å². The molecule has 0 aliphatic rings. The third-order valence-electron chi connectivity index (χ3n) is 2.51. The van der Waals surface area contributed by atoms with Crippen LogP contribution in [0.1, 0.15) is 19.4 Å². The minimum absolute atomic E-state index is 0.272. The number of ether oxygens (including phenoxy) is 1. The minimum Gasteiger partial charge on any atom is -0.495 e. The summed E-state index contributed by atoms with van der Waals surface area (Å²) in [5.41, 5.74) is 0.823. The summed E-state index contributed by atoms with van der Waals surface area (Å²) in [6.45, 7) is 3.12. The first-order chi connectivity index (χ1) is 9.26. The molecule has 2 N–H and O–H groups in total. The number of benzene rings is 1. The lowest BCUT2D eigenvalue weighted by molar-refractivity contribution is -0.131. The molecule has 0 bridgehead atoms. The second-order valence-electron chi connectivity index (χ2n) is 4.33. The molecule has 1 aromatic rings. The quantitative estimate of drug-likeness (QED) is 0.783. The SMILES string of the molecule is COc1ccc(C=CC(=O)O)cc1NS(=O)(=O)C(C)C. The van der Waals surface area contributed by atoms with E-state index in [1.165, 1.54) is 19.3 Å². The van der Waals surface area contributed by atoms with E-state index >= 15 is 0 Å². The second kappa shape index (κ2) is 6.42. The van der Waals surface area contributed by atoms with Gasteiger partial charge in [-0.05, 0) is 37.6 Å². The lowest BCUT2D eigenvalue weighted by Gasteiger charge is -2.14. The molecule has 7 heteroatoms. The van der Waals surface area contributed by atoms with Gasteiger partial charge in [-0.15, -0.1) is 0 Å². The van der Waals surface area contributed by atoms with Crippen molar-refractivity contribution in [2.75, 3.05) is 11.8 Å². The Morgan fingerprint density at radius 2 is 2.05 bits per heavy atom. The first-order valence-corrected chi connectivity index (χ1v) is 7.41. The molecule has 1 aromatic carbocycles. The van der Waals surface area contributed by atoms with E-state index in [0.717, 1.165) is 6.08 Å². The molecular formula is C13H17NO5S. The van der Waals surface area contributed by atoms with Crippen molar-refractivity contribution >= 4 is 27.8 Å². The highest BCUT2D eigenvalue weighted by Gasteiger charge is 2.17. The van der Waals surface area contributed by atoms with E-state index in [0.29, 0.717) is 11.3 Å². The van der Waals surface area contributed by atoms with Crippen molar-refractivity contribution in [1.29, 1.82) is 0 Å². The van der Waals surface area contributed by atoms with Crippen molar-refractivity contribution in [1.82, 2.24) is 0 Å². The summed E-state index contributed by atoms with van der Waals surface area (Å²) in [5.74, 6) is -0.716. The van der Waals surface area contributed by atoms with Crippen molar-refractivity contribution < 1.29 is 23.1 Å². The Labute approximate surface area is 118 Å². The summed E-state index contributed by atoms with van der Waals surface area (Å²) < 4.78 is 31.2. The second-order valence-corrected chi connectivity index (χ2v) is 6.56. The Balaban J connectivity index is 3.16. The number of nitrogens with one attached hydrogen (secondary N) is 1. The van der Waals surface area contributed by atoms with E-state index in [1.807, 2.05) is 0 Å². The molecule has 20 heavy (non-hydrogen) atoms. The summed E-state index contributed by atoms with van der Waals surface area (Å²) in [7, 11) is -2.08. The molecule has 0 saturated carbocycles. The van der Waals surface area contributed by atoms with Gasteiger partial charge in [-0.25, -0.2) is 13.2 Å². The number of carboxylic acid groups (broad SMARTS) is 1. The summed E-state index contributed by atoms with van der Waals surface area (Å²) >= 11 is 0. The molecule has 0 spiro atoms. The number of anilines is 1. The molecule has 0 fully saturated rings. The predicted octanol–water partition coefficient (Wildman–Crippen LogP) is 1.94. The van der Waals surface area contributed by atoms with Crippen LogP contribution < -0.4 is 9.46 Å². The number of hydrogen-bond donors (Lipinski definition) is 2. The van der Waals surface area contributed by atoms with E-state index in [9.17, 15) is 13.2 Å². The molecule has 1 rings (SSSR count). The molecule has 0 atom stereocenters. The number of methoxy groups -OCH3 is 1. The normalized spacial score (nSPS) is 11.8. The molecule has 0 heterocycles. The number of carboxylic acids is 1. The summed E-state index contributed by atoms with van der Waals surface area (Å²) in [6, 6.07) is 4.71. The maximum absolute atomic E-state index is 11.9. The average molecular weight is 299 g/mol. The number of rotatable bonds is 6. The monoisotopic (exact) mass is 299 g/mol. The molecule has 6 nitrogen and oxygen atoms in total. The van der Waals surface area contributed by atoms with Crippen molar-refractivity contribution in [3.8, 4) is 5.75 Å². The van der Waals surface area contributed by atoms with Crippen molar-refractivity contribution in [3.05, 3.63) is 29.8 Å². The Hall–Kier alpha value is -2.02. The smallest absolute Gasteiger partial charge is 0.328 e. The van der Waals surface area contributed by atoms with Gasteiger partial charge in [-0.1, -0.05) is 6.07 Å². The lowest BCUT2D eigenvalue weighted by atomic mass is 10.2. The maximum Gasteiger partial charge on any atom is 0.328 e. The summed E-state index contributed by atoms with van der Waals surface area (Å²) in [5, 5.41) is 7.99. The molecule has 0 aromatic heterocycles. The standard InChI is InChI=1S/C13H17NO5S/c1-9(2)20(17,18)14-11-8-10(5-7-13(15)16)4-6-12(11)19-3/h4-9,14H,1-3H3,(H,15,16). The Morgan fingerprint density at radius 3 is 2.55 bits per heavy atom. The fourth-order valence-electron chi connectivity index (χ4n) is 1.35. The molecule has 0 unspecified atom stereocenters. The van der Waals surface area contributed by atoms with Gasteiger partial charge in [0, 0.05) is 6.08 Å². The molecule has 0 aliphatic carbocycles. The third-order valence-corrected chi connectivity index (χ3v) is 4.26. The summed E-state index contributed by atoms with van der Waals surface area (Å²) in [4.78, 5) is 10.5. The minimum atomic E-state index is -3.50. The van der Waals surface area contributed by atoms with Gasteiger partial charge in [0.05, 0.1) is 18.0 Å². The highest BCUT2D eigenvalue weighted by atomic mass is 32.2. The van der Waals surface area contributed by atoms with Crippen LogP contribution >= 0.6 is 0 Å².